The average Bonchev–Trinajstić information content (AvgIpc) is 1.80. The fraction of sp³-hybridized carbons (Fsp3) is 0.167. The Morgan fingerprint density at radius 2 is 2.22 bits per heavy atom. The third-order valence-corrected chi connectivity index (χ3v) is 2.40. The highest BCUT2D eigenvalue weighted by Crippen LogP contribution is 2.13. The summed E-state index contributed by atoms with van der Waals surface area (Å²) in [6.07, 6.45) is 0. The van der Waals surface area contributed by atoms with Crippen LogP contribution in [0.5, 0.6) is 0 Å². The summed E-state index contributed by atoms with van der Waals surface area (Å²) in [6, 6.07) is 4.03. The fourth-order valence-corrected chi connectivity index (χ4v) is 1.56. The van der Waals surface area contributed by atoms with Crippen LogP contribution in [0.1, 0.15) is 5.56 Å². The first-order valence-electron chi connectivity index (χ1n) is 2.49. The molecular formula is C6H5BrIN. The summed E-state index contributed by atoms with van der Waals surface area (Å²) in [5, 5.41) is 0. The van der Waals surface area contributed by atoms with Gasteiger partial charge in [-0.15, -0.1) is 0 Å². The van der Waals surface area contributed by atoms with Gasteiger partial charge in [-0.05, 0) is 57.1 Å². The molecule has 9 heavy (non-hydrogen) atoms. The molecule has 0 aliphatic carbocycles. The molecule has 0 aromatic carbocycles. The van der Waals surface area contributed by atoms with Crippen LogP contribution in [0.2, 0.25) is 0 Å². The molecule has 0 spiro atoms. The standard InChI is InChI=1S/C6H5BrIN/c1-4-2-3-5(8)9-6(4)7/h2-3H,1H3. The number of hydrogen-bond acceptors (Lipinski definition) is 1. The summed E-state index contributed by atoms with van der Waals surface area (Å²) >= 11 is 5.51. The van der Waals surface area contributed by atoms with Gasteiger partial charge < -0.3 is 0 Å². The molecule has 0 saturated heterocycles. The zero-order valence-electron chi connectivity index (χ0n) is 4.86. The second-order valence-electron chi connectivity index (χ2n) is 1.74. The minimum absolute atomic E-state index is 0.939. The molecule has 48 valence electrons. The van der Waals surface area contributed by atoms with Crippen molar-refractivity contribution in [3.63, 3.8) is 0 Å². The lowest BCUT2D eigenvalue weighted by atomic mass is 10.3. The first kappa shape index (κ1) is 7.47. The predicted molar refractivity (Wildman–Crippen MR) is 49.4 cm³/mol. The minimum atomic E-state index is 0.939. The van der Waals surface area contributed by atoms with Gasteiger partial charge in [-0.3, -0.25) is 0 Å². The Morgan fingerprint density at radius 1 is 1.56 bits per heavy atom. The molecule has 0 bridgehead atoms. The van der Waals surface area contributed by atoms with Crippen molar-refractivity contribution >= 4 is 38.5 Å². The van der Waals surface area contributed by atoms with Gasteiger partial charge in [-0.25, -0.2) is 4.98 Å². The van der Waals surface area contributed by atoms with Crippen LogP contribution >= 0.6 is 38.5 Å². The van der Waals surface area contributed by atoms with E-state index < -0.39 is 0 Å². The molecule has 0 aliphatic heterocycles. The van der Waals surface area contributed by atoms with Crippen LogP contribution in [0.15, 0.2) is 16.7 Å². The summed E-state index contributed by atoms with van der Waals surface area (Å²) in [6.45, 7) is 2.02. The first-order chi connectivity index (χ1) is 4.20. The van der Waals surface area contributed by atoms with E-state index in [1.807, 2.05) is 19.1 Å². The summed E-state index contributed by atoms with van der Waals surface area (Å²) in [7, 11) is 0. The molecule has 3 heteroatoms. The molecule has 0 saturated carbocycles. The number of nitrogens with zero attached hydrogens (tertiary/aromatic N) is 1. The maximum atomic E-state index is 4.18. The Labute approximate surface area is 76.1 Å². The van der Waals surface area contributed by atoms with Crippen LogP contribution in [0.4, 0.5) is 0 Å². The second-order valence-corrected chi connectivity index (χ2v) is 3.60. The number of pyridine rings is 1. The van der Waals surface area contributed by atoms with Crippen molar-refractivity contribution in [1.29, 1.82) is 0 Å². The van der Waals surface area contributed by atoms with Crippen LogP contribution in [0.25, 0.3) is 0 Å². The van der Waals surface area contributed by atoms with Gasteiger partial charge >= 0.3 is 0 Å². The molecule has 0 amide bonds. The largest absolute Gasteiger partial charge is 0.235 e. The molecule has 1 nitrogen and oxygen atoms in total. The summed E-state index contributed by atoms with van der Waals surface area (Å²) in [5.74, 6) is 0. The zero-order valence-corrected chi connectivity index (χ0v) is 8.60. The monoisotopic (exact) mass is 297 g/mol. The van der Waals surface area contributed by atoms with E-state index in [1.54, 1.807) is 0 Å². The molecule has 1 aromatic heterocycles. The molecule has 0 fully saturated rings. The minimum Gasteiger partial charge on any atom is -0.235 e. The van der Waals surface area contributed by atoms with Crippen molar-refractivity contribution in [3.8, 4) is 0 Å². The second kappa shape index (κ2) is 2.96. The van der Waals surface area contributed by atoms with E-state index in [0.717, 1.165) is 8.30 Å². The first-order valence-corrected chi connectivity index (χ1v) is 4.36. The van der Waals surface area contributed by atoms with Crippen LogP contribution in [-0.2, 0) is 0 Å². The SMILES string of the molecule is Cc1ccc(I)nc1Br. The lowest BCUT2D eigenvalue weighted by molar-refractivity contribution is 1.18. The van der Waals surface area contributed by atoms with E-state index in [1.165, 1.54) is 5.56 Å². The predicted octanol–water partition coefficient (Wildman–Crippen LogP) is 2.76. The van der Waals surface area contributed by atoms with Crippen LogP contribution in [0.3, 0.4) is 0 Å². The normalized spacial score (nSPS) is 9.67. The molecule has 0 radical (unpaired) electrons. The number of aryl methyl sites for hydroxylation is 1. The lowest BCUT2D eigenvalue weighted by Crippen LogP contribution is -1.83. The Kier molecular flexibility index (Phi) is 2.46. The third-order valence-electron chi connectivity index (χ3n) is 1.00. The highest BCUT2D eigenvalue weighted by molar-refractivity contribution is 14.1. The number of aromatic nitrogens is 1. The molecule has 1 aromatic rings. The Morgan fingerprint density at radius 3 is 2.67 bits per heavy atom. The average molecular weight is 298 g/mol. The van der Waals surface area contributed by atoms with Crippen molar-refractivity contribution in [2.75, 3.05) is 0 Å². The van der Waals surface area contributed by atoms with Gasteiger partial charge in [0.25, 0.3) is 0 Å². The number of rotatable bonds is 0. The van der Waals surface area contributed by atoms with E-state index in [4.69, 9.17) is 0 Å². The smallest absolute Gasteiger partial charge is 0.110 e. The number of hydrogen-bond donors (Lipinski definition) is 0. The maximum absolute atomic E-state index is 4.18. The summed E-state index contributed by atoms with van der Waals surface area (Å²) < 4.78 is 1.96. The van der Waals surface area contributed by atoms with Gasteiger partial charge in [0.1, 0.15) is 8.30 Å². The van der Waals surface area contributed by atoms with Crippen molar-refractivity contribution in [3.05, 3.63) is 26.0 Å². The van der Waals surface area contributed by atoms with E-state index in [-0.39, 0.29) is 0 Å². The molecule has 0 unspecified atom stereocenters. The molecule has 1 heterocycles. The quantitative estimate of drug-likeness (QED) is 0.530. The van der Waals surface area contributed by atoms with Gasteiger partial charge in [0.05, 0.1) is 0 Å². The van der Waals surface area contributed by atoms with Crippen molar-refractivity contribution in [1.82, 2.24) is 4.98 Å². The lowest BCUT2D eigenvalue weighted by Gasteiger charge is -1.94. The molecule has 1 rings (SSSR count). The molecular weight excluding hydrogens is 293 g/mol. The van der Waals surface area contributed by atoms with Crippen molar-refractivity contribution < 1.29 is 0 Å². The van der Waals surface area contributed by atoms with Gasteiger partial charge in [0.2, 0.25) is 0 Å². The third kappa shape index (κ3) is 1.89. The van der Waals surface area contributed by atoms with Gasteiger partial charge in [-0.2, -0.15) is 0 Å². The van der Waals surface area contributed by atoms with Gasteiger partial charge in [0.15, 0.2) is 0 Å². The Hall–Kier alpha value is 0.360. The topological polar surface area (TPSA) is 12.9 Å². The van der Waals surface area contributed by atoms with E-state index in [2.05, 4.69) is 43.5 Å². The van der Waals surface area contributed by atoms with Gasteiger partial charge in [-0.1, -0.05) is 6.07 Å². The van der Waals surface area contributed by atoms with Crippen molar-refractivity contribution in [2.45, 2.75) is 6.92 Å². The summed E-state index contributed by atoms with van der Waals surface area (Å²) in [5.41, 5.74) is 1.18. The fourth-order valence-electron chi connectivity index (χ4n) is 0.482. The van der Waals surface area contributed by atoms with E-state index in [9.17, 15) is 0 Å². The van der Waals surface area contributed by atoms with Crippen LogP contribution < -0.4 is 0 Å². The highest BCUT2D eigenvalue weighted by Gasteiger charge is 1.93. The zero-order chi connectivity index (χ0) is 6.85. The maximum Gasteiger partial charge on any atom is 0.110 e. The molecule has 0 aliphatic rings. The highest BCUT2D eigenvalue weighted by atomic mass is 127. The summed E-state index contributed by atoms with van der Waals surface area (Å²) in [4.78, 5) is 4.18. The van der Waals surface area contributed by atoms with E-state index >= 15 is 0 Å². The van der Waals surface area contributed by atoms with Crippen LogP contribution in [-0.4, -0.2) is 4.98 Å². The van der Waals surface area contributed by atoms with Gasteiger partial charge in [0, 0.05) is 0 Å². The van der Waals surface area contributed by atoms with Crippen LogP contribution in [0, 0.1) is 10.6 Å². The molecule has 0 N–H and O–H groups in total. The molecule has 0 atom stereocenters. The van der Waals surface area contributed by atoms with Crippen molar-refractivity contribution in [2.24, 2.45) is 0 Å². The Bertz CT molecular complexity index is 224. The number of halogens is 2. The van der Waals surface area contributed by atoms with E-state index in [0.29, 0.717) is 0 Å². The Balaban J connectivity index is 3.17.